The molecule has 10 nitrogen and oxygen atoms in total. The molecular formula is C27H42O10. The molecule has 0 aliphatic heterocycles. The Hall–Kier alpha value is -1.40. The molecule has 0 bridgehead atoms. The summed E-state index contributed by atoms with van der Waals surface area (Å²) in [5, 5.41) is 86.1. The van der Waals surface area contributed by atoms with E-state index in [1.54, 1.807) is 6.92 Å². The lowest BCUT2D eigenvalue weighted by Gasteiger charge is -2.62. The summed E-state index contributed by atoms with van der Waals surface area (Å²) >= 11 is 0. The number of ketones is 1. The average molecular weight is 527 g/mol. The van der Waals surface area contributed by atoms with Gasteiger partial charge >= 0.3 is 5.97 Å². The van der Waals surface area contributed by atoms with Gasteiger partial charge in [-0.1, -0.05) is 13.8 Å². The number of carboxylic acid groups (broad SMARTS) is 1. The van der Waals surface area contributed by atoms with Gasteiger partial charge in [-0.3, -0.25) is 4.79 Å². The van der Waals surface area contributed by atoms with Gasteiger partial charge in [-0.25, -0.2) is 4.79 Å². The molecule has 0 aromatic rings. The summed E-state index contributed by atoms with van der Waals surface area (Å²) < 4.78 is 0. The highest BCUT2D eigenvalue weighted by Crippen LogP contribution is 2.68. The molecule has 3 saturated carbocycles. The smallest absolute Gasteiger partial charge is 0.335 e. The summed E-state index contributed by atoms with van der Waals surface area (Å²) in [5.41, 5.74) is -7.07. The highest BCUT2D eigenvalue weighted by Gasteiger charge is 2.71. The van der Waals surface area contributed by atoms with E-state index in [1.165, 1.54) is 13.0 Å². The van der Waals surface area contributed by atoms with Crippen LogP contribution in [-0.4, -0.2) is 93.8 Å². The molecule has 210 valence electrons. The Morgan fingerprint density at radius 1 is 1.11 bits per heavy atom. The molecule has 37 heavy (non-hydrogen) atoms. The number of aliphatic hydroxyl groups excluding tert-OH is 4. The first-order valence-electron chi connectivity index (χ1n) is 13.2. The predicted octanol–water partition coefficient (Wildman–Crippen LogP) is -0.110. The van der Waals surface area contributed by atoms with E-state index in [9.17, 15) is 50.4 Å². The van der Waals surface area contributed by atoms with E-state index >= 15 is 0 Å². The maximum absolute atomic E-state index is 13.3. The molecule has 8 N–H and O–H groups in total. The van der Waals surface area contributed by atoms with Crippen molar-refractivity contribution < 1.29 is 50.4 Å². The maximum Gasteiger partial charge on any atom is 0.335 e. The molecular weight excluding hydrogens is 484 g/mol. The fourth-order valence-corrected chi connectivity index (χ4v) is 8.47. The molecule has 0 aromatic carbocycles. The Morgan fingerprint density at radius 3 is 2.32 bits per heavy atom. The van der Waals surface area contributed by atoms with Crippen molar-refractivity contribution in [2.75, 3.05) is 0 Å². The summed E-state index contributed by atoms with van der Waals surface area (Å²) in [4.78, 5) is 24.5. The minimum atomic E-state index is -2.08. The molecule has 4 aliphatic carbocycles. The van der Waals surface area contributed by atoms with Crippen molar-refractivity contribution in [2.45, 2.75) is 114 Å². The summed E-state index contributed by atoms with van der Waals surface area (Å²) in [6, 6.07) is 0. The number of allylic oxidation sites excluding steroid dienone is 1. The lowest BCUT2D eigenvalue weighted by molar-refractivity contribution is -0.197. The summed E-state index contributed by atoms with van der Waals surface area (Å²) in [7, 11) is 0. The van der Waals surface area contributed by atoms with Gasteiger partial charge < -0.3 is 40.9 Å². The molecule has 4 rings (SSSR count). The van der Waals surface area contributed by atoms with Crippen molar-refractivity contribution >= 4 is 11.8 Å². The van der Waals surface area contributed by atoms with Crippen LogP contribution in [0.15, 0.2) is 11.6 Å². The van der Waals surface area contributed by atoms with Crippen molar-refractivity contribution in [3.8, 4) is 0 Å². The van der Waals surface area contributed by atoms with Gasteiger partial charge in [0.25, 0.3) is 0 Å². The van der Waals surface area contributed by atoms with Crippen LogP contribution in [0.2, 0.25) is 0 Å². The van der Waals surface area contributed by atoms with E-state index < -0.39 is 75.8 Å². The molecule has 0 saturated heterocycles. The quantitative estimate of drug-likeness (QED) is 0.231. The van der Waals surface area contributed by atoms with Gasteiger partial charge in [0.1, 0.15) is 0 Å². The minimum absolute atomic E-state index is 0.0705. The molecule has 0 radical (unpaired) electrons. The molecule has 12 atom stereocenters. The van der Waals surface area contributed by atoms with Gasteiger partial charge in [0.15, 0.2) is 11.4 Å². The van der Waals surface area contributed by atoms with Crippen molar-refractivity contribution in [1.82, 2.24) is 0 Å². The van der Waals surface area contributed by atoms with Crippen LogP contribution in [0.3, 0.4) is 0 Å². The first-order valence-corrected chi connectivity index (χ1v) is 13.2. The Morgan fingerprint density at radius 2 is 1.73 bits per heavy atom. The fraction of sp³-hybridized carbons (Fsp3) is 0.852. The Labute approximate surface area is 216 Å². The number of carbonyl (C=O) groups excluding carboxylic acids is 1. The number of rotatable bonds is 6. The number of carboxylic acids is 1. The van der Waals surface area contributed by atoms with Crippen molar-refractivity contribution in [2.24, 2.45) is 28.6 Å². The van der Waals surface area contributed by atoms with Crippen molar-refractivity contribution in [3.05, 3.63) is 11.6 Å². The molecule has 4 aliphatic rings. The van der Waals surface area contributed by atoms with Crippen LogP contribution in [0, 0.1) is 28.6 Å². The average Bonchev–Trinajstić information content (AvgIpc) is 3.05. The standard InChI is InChI=1S/C27H42O10/c1-23-11-17(30)16(29)9-13(23)15(28)10-14-21(23)18(31)12-24(2)19(5-8-27(14,24)37)26(4,36)20(32)6-7-25(3,35)22(33)34/h10,13,16-21,29-32,35-37H,5-9,11-12H2,1-4H3,(H,33,34)/t13-,16+,17-,18+,19-,20+,21+,23-,24+,25-,26+,27+/m0/s1. The first-order chi connectivity index (χ1) is 16.8. The van der Waals surface area contributed by atoms with Crippen LogP contribution in [-0.2, 0) is 9.59 Å². The summed E-state index contributed by atoms with van der Waals surface area (Å²) in [5.74, 6) is -3.66. The van der Waals surface area contributed by atoms with E-state index in [1.807, 2.05) is 6.92 Å². The van der Waals surface area contributed by atoms with Crippen molar-refractivity contribution in [3.63, 3.8) is 0 Å². The van der Waals surface area contributed by atoms with E-state index in [-0.39, 0.29) is 50.7 Å². The number of fused-ring (bicyclic) bond motifs is 5. The van der Waals surface area contributed by atoms with Gasteiger partial charge in [-0.15, -0.1) is 0 Å². The molecule has 0 aromatic heterocycles. The number of aliphatic carboxylic acids is 1. The lowest BCUT2D eigenvalue weighted by Crippen LogP contribution is -2.66. The van der Waals surface area contributed by atoms with E-state index in [4.69, 9.17) is 0 Å². The maximum atomic E-state index is 13.3. The molecule has 0 amide bonds. The zero-order chi connectivity index (χ0) is 27.9. The van der Waals surface area contributed by atoms with E-state index in [2.05, 4.69) is 0 Å². The molecule has 0 unspecified atom stereocenters. The van der Waals surface area contributed by atoms with Crippen LogP contribution >= 0.6 is 0 Å². The Kier molecular flexibility index (Phi) is 6.81. The number of carbonyl (C=O) groups is 2. The monoisotopic (exact) mass is 526 g/mol. The second-order valence-electron chi connectivity index (χ2n) is 13.1. The van der Waals surface area contributed by atoms with E-state index in [0.29, 0.717) is 5.57 Å². The molecule has 0 spiro atoms. The molecule has 10 heteroatoms. The zero-order valence-corrected chi connectivity index (χ0v) is 22.0. The van der Waals surface area contributed by atoms with Crippen LogP contribution in [0.5, 0.6) is 0 Å². The summed E-state index contributed by atoms with van der Waals surface area (Å²) in [6.07, 6.45) is -2.95. The normalized spacial score (nSPS) is 47.5. The largest absolute Gasteiger partial charge is 0.479 e. The van der Waals surface area contributed by atoms with E-state index in [0.717, 1.165) is 6.92 Å². The highest BCUT2D eigenvalue weighted by atomic mass is 16.4. The second-order valence-corrected chi connectivity index (χ2v) is 13.1. The van der Waals surface area contributed by atoms with Crippen molar-refractivity contribution in [1.29, 1.82) is 0 Å². The van der Waals surface area contributed by atoms with Gasteiger partial charge in [0, 0.05) is 17.3 Å². The molecule has 0 heterocycles. The SMILES string of the molecule is C[C@](O)([C@H](O)CC[C@](C)(O)C(=O)O)[C@H]1CC[C@@]2(O)C3=CC(=O)[C@@H]4C[C@@H](O)[C@@H](O)C[C@]4(C)[C@H]3[C@H](O)C[C@]12C. The van der Waals surface area contributed by atoms with Crippen LogP contribution in [0.1, 0.15) is 72.6 Å². The third-order valence-corrected chi connectivity index (χ3v) is 10.8. The van der Waals surface area contributed by atoms with Crippen LogP contribution in [0.25, 0.3) is 0 Å². The fourth-order valence-electron chi connectivity index (χ4n) is 8.47. The Bertz CT molecular complexity index is 990. The van der Waals surface area contributed by atoms with Gasteiger partial charge in [0.2, 0.25) is 0 Å². The highest BCUT2D eigenvalue weighted by molar-refractivity contribution is 5.95. The van der Waals surface area contributed by atoms with Gasteiger partial charge in [0.05, 0.1) is 35.6 Å². The van der Waals surface area contributed by atoms with Gasteiger partial charge in [-0.05, 0) is 81.8 Å². The number of aliphatic hydroxyl groups is 7. The zero-order valence-electron chi connectivity index (χ0n) is 22.0. The third-order valence-electron chi connectivity index (χ3n) is 10.8. The lowest BCUT2D eigenvalue weighted by atomic mass is 9.45. The van der Waals surface area contributed by atoms with Crippen LogP contribution in [0.4, 0.5) is 0 Å². The topological polar surface area (TPSA) is 196 Å². The molecule has 3 fully saturated rings. The Balaban J connectivity index is 1.68. The minimum Gasteiger partial charge on any atom is -0.479 e. The van der Waals surface area contributed by atoms with Crippen LogP contribution < -0.4 is 0 Å². The second kappa shape index (κ2) is 8.81. The predicted molar refractivity (Wildman–Crippen MR) is 130 cm³/mol. The third kappa shape index (κ3) is 4.02. The number of hydrogen-bond donors (Lipinski definition) is 8. The van der Waals surface area contributed by atoms with Gasteiger partial charge in [-0.2, -0.15) is 0 Å². The number of hydrogen-bond acceptors (Lipinski definition) is 9. The summed E-state index contributed by atoms with van der Waals surface area (Å²) in [6.45, 7) is 6.09. The first kappa shape index (κ1) is 28.6.